The standard InChI is InChI=1S/C23H26N2O2/c1-25(19-12-6-3-7-13-19)23(27)20-14-8-9-15-21(20)24-22(26)17-16-18-10-4-2-5-11-18/h2,4-5,8-11,14-17,19H,3,6-7,12-13H2,1H3,(H,24,26)/b17-16+. The Morgan fingerprint density at radius 1 is 0.963 bits per heavy atom. The molecule has 0 aromatic heterocycles. The zero-order valence-electron chi connectivity index (χ0n) is 15.7. The first kappa shape index (κ1) is 18.9. The van der Waals surface area contributed by atoms with Crippen molar-refractivity contribution in [2.75, 3.05) is 12.4 Å². The normalized spacial score (nSPS) is 14.9. The Kier molecular flexibility index (Phi) is 6.42. The predicted octanol–water partition coefficient (Wildman–Crippen LogP) is 4.74. The third kappa shape index (κ3) is 5.07. The highest BCUT2D eigenvalue weighted by Crippen LogP contribution is 2.25. The molecule has 0 heterocycles. The van der Waals surface area contributed by atoms with Gasteiger partial charge in [-0.1, -0.05) is 61.7 Å². The second-order valence-electron chi connectivity index (χ2n) is 6.99. The van der Waals surface area contributed by atoms with Gasteiger partial charge < -0.3 is 10.2 Å². The first-order valence-electron chi connectivity index (χ1n) is 9.55. The van der Waals surface area contributed by atoms with E-state index in [2.05, 4.69) is 5.32 Å². The van der Waals surface area contributed by atoms with Gasteiger partial charge in [-0.2, -0.15) is 0 Å². The molecule has 27 heavy (non-hydrogen) atoms. The zero-order chi connectivity index (χ0) is 19.1. The molecule has 2 aromatic rings. The smallest absolute Gasteiger partial charge is 0.255 e. The molecule has 2 aromatic carbocycles. The molecule has 140 valence electrons. The number of carbonyl (C=O) groups excluding carboxylic acids is 2. The van der Waals surface area contributed by atoms with Gasteiger partial charge in [-0.3, -0.25) is 9.59 Å². The number of hydrogen-bond acceptors (Lipinski definition) is 2. The number of para-hydroxylation sites is 1. The summed E-state index contributed by atoms with van der Waals surface area (Å²) < 4.78 is 0. The number of rotatable bonds is 5. The Morgan fingerprint density at radius 3 is 2.37 bits per heavy atom. The molecule has 1 aliphatic carbocycles. The Bertz CT molecular complexity index is 808. The van der Waals surface area contributed by atoms with Gasteiger partial charge in [0.25, 0.3) is 5.91 Å². The molecule has 0 radical (unpaired) electrons. The van der Waals surface area contributed by atoms with E-state index in [4.69, 9.17) is 0 Å². The van der Waals surface area contributed by atoms with Crippen LogP contribution in [0.3, 0.4) is 0 Å². The maximum atomic E-state index is 13.0. The molecule has 2 amide bonds. The molecule has 1 fully saturated rings. The second-order valence-corrected chi connectivity index (χ2v) is 6.99. The zero-order valence-corrected chi connectivity index (χ0v) is 15.7. The van der Waals surface area contributed by atoms with Gasteiger partial charge in [0, 0.05) is 19.2 Å². The molecule has 0 saturated heterocycles. The molecule has 0 unspecified atom stereocenters. The molecule has 1 N–H and O–H groups in total. The van der Waals surface area contributed by atoms with Gasteiger partial charge in [0.2, 0.25) is 5.91 Å². The molecule has 4 heteroatoms. The number of carbonyl (C=O) groups is 2. The number of anilines is 1. The van der Waals surface area contributed by atoms with E-state index in [1.165, 1.54) is 25.3 Å². The maximum Gasteiger partial charge on any atom is 0.255 e. The second kappa shape index (κ2) is 9.17. The average molecular weight is 362 g/mol. The first-order valence-corrected chi connectivity index (χ1v) is 9.55. The fourth-order valence-corrected chi connectivity index (χ4v) is 3.51. The minimum Gasteiger partial charge on any atom is -0.339 e. The van der Waals surface area contributed by atoms with Crippen LogP contribution >= 0.6 is 0 Å². The van der Waals surface area contributed by atoms with Crippen LogP contribution in [0.1, 0.15) is 48.0 Å². The Balaban J connectivity index is 1.70. The van der Waals surface area contributed by atoms with E-state index in [0.29, 0.717) is 11.3 Å². The van der Waals surface area contributed by atoms with Crippen LogP contribution in [0.4, 0.5) is 5.69 Å². The SMILES string of the molecule is CN(C(=O)c1ccccc1NC(=O)/C=C/c1ccccc1)C1CCCCC1. The van der Waals surface area contributed by atoms with E-state index in [0.717, 1.165) is 18.4 Å². The number of hydrogen-bond donors (Lipinski definition) is 1. The summed E-state index contributed by atoms with van der Waals surface area (Å²) in [5, 5.41) is 2.85. The minimum absolute atomic E-state index is 0.0372. The van der Waals surface area contributed by atoms with Crippen molar-refractivity contribution in [3.63, 3.8) is 0 Å². The van der Waals surface area contributed by atoms with Gasteiger partial charge in [0.05, 0.1) is 11.3 Å². The molecule has 0 atom stereocenters. The van der Waals surface area contributed by atoms with Crippen LogP contribution in [0.5, 0.6) is 0 Å². The molecule has 0 spiro atoms. The Labute approximate surface area is 160 Å². The number of benzene rings is 2. The molecule has 0 aliphatic heterocycles. The summed E-state index contributed by atoms with van der Waals surface area (Å²) in [6, 6.07) is 17.1. The first-order chi connectivity index (χ1) is 13.1. The Morgan fingerprint density at radius 2 is 1.63 bits per heavy atom. The van der Waals surface area contributed by atoms with E-state index in [1.54, 1.807) is 18.2 Å². The van der Waals surface area contributed by atoms with Crippen molar-refractivity contribution < 1.29 is 9.59 Å². The van der Waals surface area contributed by atoms with Gasteiger partial charge in [0.1, 0.15) is 0 Å². The van der Waals surface area contributed by atoms with Crippen molar-refractivity contribution in [2.45, 2.75) is 38.1 Å². The van der Waals surface area contributed by atoms with Crippen LogP contribution in [0.2, 0.25) is 0 Å². The Hall–Kier alpha value is -2.88. The van der Waals surface area contributed by atoms with Crippen molar-refractivity contribution in [1.82, 2.24) is 4.90 Å². The highest BCUT2D eigenvalue weighted by atomic mass is 16.2. The maximum absolute atomic E-state index is 13.0. The van der Waals surface area contributed by atoms with Crippen molar-refractivity contribution in [2.24, 2.45) is 0 Å². The van der Waals surface area contributed by atoms with Gasteiger partial charge in [0.15, 0.2) is 0 Å². The van der Waals surface area contributed by atoms with Crippen molar-refractivity contribution >= 4 is 23.6 Å². The summed E-state index contributed by atoms with van der Waals surface area (Å²) in [4.78, 5) is 27.1. The quantitative estimate of drug-likeness (QED) is 0.781. The summed E-state index contributed by atoms with van der Waals surface area (Å²) in [6.07, 6.45) is 8.94. The van der Waals surface area contributed by atoms with Crippen LogP contribution in [-0.4, -0.2) is 29.8 Å². The van der Waals surface area contributed by atoms with Crippen LogP contribution in [-0.2, 0) is 4.79 Å². The van der Waals surface area contributed by atoms with Gasteiger partial charge in [-0.25, -0.2) is 0 Å². The largest absolute Gasteiger partial charge is 0.339 e. The lowest BCUT2D eigenvalue weighted by Gasteiger charge is -2.31. The predicted molar refractivity (Wildman–Crippen MR) is 110 cm³/mol. The monoisotopic (exact) mass is 362 g/mol. The topological polar surface area (TPSA) is 49.4 Å². The lowest BCUT2D eigenvalue weighted by molar-refractivity contribution is -0.111. The summed E-state index contributed by atoms with van der Waals surface area (Å²) >= 11 is 0. The molecule has 1 aliphatic rings. The lowest BCUT2D eigenvalue weighted by atomic mass is 9.94. The minimum atomic E-state index is -0.251. The van der Waals surface area contributed by atoms with Crippen molar-refractivity contribution in [3.05, 3.63) is 71.8 Å². The summed E-state index contributed by atoms with van der Waals surface area (Å²) in [5.74, 6) is -0.288. The van der Waals surface area contributed by atoms with Crippen molar-refractivity contribution in [3.8, 4) is 0 Å². The molecular weight excluding hydrogens is 336 g/mol. The average Bonchev–Trinajstić information content (AvgIpc) is 2.73. The van der Waals surface area contributed by atoms with E-state index in [9.17, 15) is 9.59 Å². The fourth-order valence-electron chi connectivity index (χ4n) is 3.51. The van der Waals surface area contributed by atoms with Gasteiger partial charge in [-0.05, 0) is 36.6 Å². The summed E-state index contributed by atoms with van der Waals surface area (Å²) in [7, 11) is 1.87. The molecule has 0 bridgehead atoms. The molecule has 4 nitrogen and oxygen atoms in total. The highest BCUT2D eigenvalue weighted by Gasteiger charge is 2.24. The van der Waals surface area contributed by atoms with Crippen LogP contribution in [0, 0.1) is 0 Å². The third-order valence-corrected chi connectivity index (χ3v) is 5.08. The van der Waals surface area contributed by atoms with Gasteiger partial charge in [-0.15, -0.1) is 0 Å². The lowest BCUT2D eigenvalue weighted by Crippen LogP contribution is -2.38. The highest BCUT2D eigenvalue weighted by molar-refractivity contribution is 6.07. The van der Waals surface area contributed by atoms with Crippen LogP contribution < -0.4 is 5.32 Å². The number of nitrogens with one attached hydrogen (secondary N) is 1. The van der Waals surface area contributed by atoms with E-state index in [-0.39, 0.29) is 17.9 Å². The van der Waals surface area contributed by atoms with Crippen LogP contribution in [0.25, 0.3) is 6.08 Å². The number of amides is 2. The van der Waals surface area contributed by atoms with E-state index < -0.39 is 0 Å². The third-order valence-electron chi connectivity index (χ3n) is 5.08. The van der Waals surface area contributed by atoms with Crippen LogP contribution in [0.15, 0.2) is 60.7 Å². The van der Waals surface area contributed by atoms with E-state index >= 15 is 0 Å². The molecule has 3 rings (SSSR count). The molecule has 1 saturated carbocycles. The number of nitrogens with zero attached hydrogens (tertiary/aromatic N) is 1. The molecular formula is C23H26N2O2. The fraction of sp³-hybridized carbons (Fsp3) is 0.304. The van der Waals surface area contributed by atoms with E-state index in [1.807, 2.05) is 54.4 Å². The van der Waals surface area contributed by atoms with Crippen molar-refractivity contribution in [1.29, 1.82) is 0 Å². The summed E-state index contributed by atoms with van der Waals surface area (Å²) in [5.41, 5.74) is 2.04. The summed E-state index contributed by atoms with van der Waals surface area (Å²) in [6.45, 7) is 0. The van der Waals surface area contributed by atoms with Gasteiger partial charge >= 0.3 is 0 Å².